The summed E-state index contributed by atoms with van der Waals surface area (Å²) in [4.78, 5) is 23.5. The number of carbonyl (C=O) groups is 2. The first-order valence-corrected chi connectivity index (χ1v) is 6.89. The minimum atomic E-state index is -0.407. The van der Waals surface area contributed by atoms with Crippen molar-refractivity contribution in [3.63, 3.8) is 0 Å². The Morgan fingerprint density at radius 2 is 2.30 bits per heavy atom. The van der Waals surface area contributed by atoms with E-state index in [0.717, 1.165) is 24.2 Å². The molecule has 2 N–H and O–H groups in total. The molecule has 1 aliphatic heterocycles. The molecular formula is C15H20N2O3. The van der Waals surface area contributed by atoms with E-state index in [9.17, 15) is 9.59 Å². The average molecular weight is 276 g/mol. The Balaban J connectivity index is 1.89. The molecule has 0 radical (unpaired) electrons. The molecule has 0 bridgehead atoms. The Labute approximate surface area is 118 Å². The van der Waals surface area contributed by atoms with E-state index in [1.807, 2.05) is 24.3 Å². The lowest BCUT2D eigenvalue weighted by Crippen LogP contribution is -2.45. The van der Waals surface area contributed by atoms with Crippen LogP contribution in [0.3, 0.4) is 0 Å². The van der Waals surface area contributed by atoms with Gasteiger partial charge in [0.1, 0.15) is 11.8 Å². The number of benzene rings is 1. The van der Waals surface area contributed by atoms with E-state index >= 15 is 0 Å². The number of rotatable bonds is 4. The first-order chi connectivity index (χ1) is 9.69. The summed E-state index contributed by atoms with van der Waals surface area (Å²) in [6.07, 6.45) is 2.97. The molecular weight excluding hydrogens is 256 g/mol. The maximum absolute atomic E-state index is 12.1. The van der Waals surface area contributed by atoms with Crippen LogP contribution in [0.4, 0.5) is 0 Å². The van der Waals surface area contributed by atoms with Crippen LogP contribution in [0.2, 0.25) is 0 Å². The van der Waals surface area contributed by atoms with Crippen molar-refractivity contribution in [1.82, 2.24) is 10.6 Å². The normalized spacial score (nSPS) is 18.9. The van der Waals surface area contributed by atoms with E-state index in [-0.39, 0.29) is 11.8 Å². The van der Waals surface area contributed by atoms with Gasteiger partial charge in [0.2, 0.25) is 11.8 Å². The van der Waals surface area contributed by atoms with Gasteiger partial charge in [-0.2, -0.15) is 0 Å². The van der Waals surface area contributed by atoms with E-state index in [2.05, 4.69) is 10.6 Å². The highest BCUT2D eigenvalue weighted by atomic mass is 16.5. The first-order valence-electron chi connectivity index (χ1n) is 6.89. The molecule has 20 heavy (non-hydrogen) atoms. The molecule has 1 atom stereocenters. The SMILES string of the molecule is COc1cccc(CNC(=O)C2CCCCC(=O)N2)c1. The lowest BCUT2D eigenvalue weighted by atomic mass is 10.1. The predicted molar refractivity (Wildman–Crippen MR) is 75.2 cm³/mol. The average Bonchev–Trinajstić information content (AvgIpc) is 2.69. The van der Waals surface area contributed by atoms with Gasteiger partial charge in [0.25, 0.3) is 0 Å². The van der Waals surface area contributed by atoms with Crippen LogP contribution >= 0.6 is 0 Å². The van der Waals surface area contributed by atoms with Crippen LogP contribution in [0, 0.1) is 0 Å². The van der Waals surface area contributed by atoms with Gasteiger partial charge in [0.05, 0.1) is 7.11 Å². The minimum absolute atomic E-state index is 0.0379. The van der Waals surface area contributed by atoms with Gasteiger partial charge in [0.15, 0.2) is 0 Å². The Morgan fingerprint density at radius 1 is 1.45 bits per heavy atom. The van der Waals surface area contributed by atoms with Gasteiger partial charge in [-0.25, -0.2) is 0 Å². The van der Waals surface area contributed by atoms with Gasteiger partial charge in [-0.1, -0.05) is 18.6 Å². The van der Waals surface area contributed by atoms with Crippen molar-refractivity contribution in [2.45, 2.75) is 38.3 Å². The topological polar surface area (TPSA) is 67.4 Å². The summed E-state index contributed by atoms with van der Waals surface area (Å²) < 4.78 is 5.14. The van der Waals surface area contributed by atoms with Gasteiger partial charge in [-0.3, -0.25) is 9.59 Å². The molecule has 0 saturated carbocycles. The number of hydrogen-bond donors (Lipinski definition) is 2. The molecule has 1 fully saturated rings. The van der Waals surface area contributed by atoms with Crippen molar-refractivity contribution < 1.29 is 14.3 Å². The maximum atomic E-state index is 12.1. The van der Waals surface area contributed by atoms with E-state index in [4.69, 9.17) is 4.74 Å². The molecule has 1 heterocycles. The monoisotopic (exact) mass is 276 g/mol. The molecule has 2 rings (SSSR count). The van der Waals surface area contributed by atoms with Crippen molar-refractivity contribution >= 4 is 11.8 Å². The van der Waals surface area contributed by atoms with Crippen LogP contribution in [0.25, 0.3) is 0 Å². The quantitative estimate of drug-likeness (QED) is 0.873. The molecule has 1 aliphatic rings. The van der Waals surface area contributed by atoms with Gasteiger partial charge >= 0.3 is 0 Å². The molecule has 5 heteroatoms. The molecule has 1 aromatic rings. The molecule has 0 aromatic heterocycles. The van der Waals surface area contributed by atoms with Gasteiger partial charge in [-0.15, -0.1) is 0 Å². The molecule has 0 aliphatic carbocycles. The zero-order chi connectivity index (χ0) is 14.4. The summed E-state index contributed by atoms with van der Waals surface area (Å²) in [7, 11) is 1.61. The second-order valence-corrected chi connectivity index (χ2v) is 4.94. The van der Waals surface area contributed by atoms with E-state index in [1.165, 1.54) is 0 Å². The van der Waals surface area contributed by atoms with E-state index in [0.29, 0.717) is 19.4 Å². The molecule has 108 valence electrons. The van der Waals surface area contributed by atoms with Crippen LogP contribution in [0.5, 0.6) is 5.75 Å². The van der Waals surface area contributed by atoms with Crippen molar-refractivity contribution in [2.24, 2.45) is 0 Å². The molecule has 1 saturated heterocycles. The standard InChI is InChI=1S/C15H20N2O3/c1-20-12-6-4-5-11(9-12)10-16-15(19)13-7-2-3-8-14(18)17-13/h4-6,9,13H,2-3,7-8,10H2,1H3,(H,16,19)(H,17,18). The predicted octanol–water partition coefficient (Wildman–Crippen LogP) is 1.37. The van der Waals surface area contributed by atoms with Crippen molar-refractivity contribution in [2.75, 3.05) is 7.11 Å². The lowest BCUT2D eigenvalue weighted by molar-refractivity contribution is -0.128. The van der Waals surface area contributed by atoms with Crippen LogP contribution in [-0.4, -0.2) is 25.0 Å². The highest BCUT2D eigenvalue weighted by Crippen LogP contribution is 2.13. The third kappa shape index (κ3) is 3.98. The van der Waals surface area contributed by atoms with Crippen LogP contribution < -0.4 is 15.4 Å². The minimum Gasteiger partial charge on any atom is -0.497 e. The zero-order valence-corrected chi connectivity index (χ0v) is 11.6. The third-order valence-electron chi connectivity index (χ3n) is 3.40. The summed E-state index contributed by atoms with van der Waals surface area (Å²) in [6, 6.07) is 7.14. The summed E-state index contributed by atoms with van der Waals surface area (Å²) in [6.45, 7) is 0.433. The van der Waals surface area contributed by atoms with Crippen molar-refractivity contribution in [3.8, 4) is 5.75 Å². The van der Waals surface area contributed by atoms with Crippen LogP contribution in [0.1, 0.15) is 31.2 Å². The molecule has 2 amide bonds. The highest BCUT2D eigenvalue weighted by molar-refractivity contribution is 5.87. The van der Waals surface area contributed by atoms with E-state index < -0.39 is 6.04 Å². The summed E-state index contributed by atoms with van der Waals surface area (Å²) in [5.74, 6) is 0.603. The number of ether oxygens (including phenoxy) is 1. The van der Waals surface area contributed by atoms with Gasteiger partial charge in [0, 0.05) is 13.0 Å². The third-order valence-corrected chi connectivity index (χ3v) is 3.40. The molecule has 1 unspecified atom stereocenters. The fourth-order valence-electron chi connectivity index (χ4n) is 2.26. The molecule has 1 aromatic carbocycles. The summed E-state index contributed by atoms with van der Waals surface area (Å²) in [5, 5.41) is 5.62. The van der Waals surface area contributed by atoms with Gasteiger partial charge < -0.3 is 15.4 Å². The Kier molecular flexibility index (Phi) is 4.98. The second kappa shape index (κ2) is 6.93. The number of carbonyl (C=O) groups excluding carboxylic acids is 2. The number of amides is 2. The molecule has 5 nitrogen and oxygen atoms in total. The Hall–Kier alpha value is -2.04. The van der Waals surface area contributed by atoms with Crippen LogP contribution in [-0.2, 0) is 16.1 Å². The zero-order valence-electron chi connectivity index (χ0n) is 11.6. The number of methoxy groups -OCH3 is 1. The number of nitrogens with one attached hydrogen (secondary N) is 2. The fourth-order valence-corrected chi connectivity index (χ4v) is 2.26. The molecule has 0 spiro atoms. The first kappa shape index (κ1) is 14.4. The lowest BCUT2D eigenvalue weighted by Gasteiger charge is -2.15. The van der Waals surface area contributed by atoms with Gasteiger partial charge in [-0.05, 0) is 30.5 Å². The largest absolute Gasteiger partial charge is 0.497 e. The van der Waals surface area contributed by atoms with Crippen LogP contribution in [0.15, 0.2) is 24.3 Å². The van der Waals surface area contributed by atoms with Crippen molar-refractivity contribution in [3.05, 3.63) is 29.8 Å². The maximum Gasteiger partial charge on any atom is 0.242 e. The van der Waals surface area contributed by atoms with E-state index in [1.54, 1.807) is 7.11 Å². The Bertz CT molecular complexity index is 488. The second-order valence-electron chi connectivity index (χ2n) is 4.94. The number of hydrogen-bond acceptors (Lipinski definition) is 3. The Morgan fingerprint density at radius 3 is 3.10 bits per heavy atom. The summed E-state index contributed by atoms with van der Waals surface area (Å²) in [5.41, 5.74) is 0.970. The summed E-state index contributed by atoms with van der Waals surface area (Å²) >= 11 is 0. The smallest absolute Gasteiger partial charge is 0.242 e. The fraction of sp³-hybridized carbons (Fsp3) is 0.467. The highest BCUT2D eigenvalue weighted by Gasteiger charge is 2.22. The van der Waals surface area contributed by atoms with Crippen molar-refractivity contribution in [1.29, 1.82) is 0 Å².